The number of hydrazine groups is 1. The molecule has 210 valence electrons. The fourth-order valence-electron chi connectivity index (χ4n) is 3.27. The van der Waals surface area contributed by atoms with Gasteiger partial charge in [0.05, 0.1) is 32.5 Å². The molecule has 1 aromatic carbocycles. The molecule has 2 unspecified atom stereocenters. The van der Waals surface area contributed by atoms with Gasteiger partial charge < -0.3 is 41.0 Å². The van der Waals surface area contributed by atoms with Crippen LogP contribution in [0.2, 0.25) is 0 Å². The maximum absolute atomic E-state index is 12.9. The molecule has 1 aliphatic heterocycles. The number of carbonyl (C=O) groups excluding carboxylic acids is 5. The van der Waals surface area contributed by atoms with Crippen LogP contribution in [0.5, 0.6) is 0 Å². The molecule has 4 atom stereocenters. The van der Waals surface area contributed by atoms with Crippen LogP contribution in [0.1, 0.15) is 12.5 Å². The van der Waals surface area contributed by atoms with E-state index in [0.717, 1.165) is 0 Å². The molecule has 15 heteroatoms. The summed E-state index contributed by atoms with van der Waals surface area (Å²) in [6.07, 6.45) is -1.26. The molecule has 38 heavy (non-hydrogen) atoms. The van der Waals surface area contributed by atoms with Gasteiger partial charge in [0, 0.05) is 13.0 Å². The quantitative estimate of drug-likeness (QED) is 0.190. The number of aliphatic hydroxyl groups excluding tert-OH is 2. The largest absolute Gasteiger partial charge is 0.394 e. The van der Waals surface area contributed by atoms with Crippen LogP contribution in [0.3, 0.4) is 0 Å². The van der Waals surface area contributed by atoms with Gasteiger partial charge in [0.2, 0.25) is 11.8 Å². The summed E-state index contributed by atoms with van der Waals surface area (Å²) in [6, 6.07) is 3.81. The third-order valence-corrected chi connectivity index (χ3v) is 5.25. The average molecular weight is 539 g/mol. The molecule has 1 heterocycles. The van der Waals surface area contributed by atoms with Gasteiger partial charge in [-0.15, -0.1) is 0 Å². The molecule has 1 aromatic rings. The molecular formula is C23H34N6O9. The predicted octanol–water partition coefficient (Wildman–Crippen LogP) is -3.57. The first kappa shape index (κ1) is 30.4. The fourth-order valence-corrected chi connectivity index (χ4v) is 3.27. The minimum absolute atomic E-state index is 0.0103. The van der Waals surface area contributed by atoms with E-state index in [2.05, 4.69) is 32.1 Å². The van der Waals surface area contributed by atoms with Gasteiger partial charge in [-0.05, 0) is 12.5 Å². The van der Waals surface area contributed by atoms with Crippen LogP contribution in [0.15, 0.2) is 30.3 Å². The van der Waals surface area contributed by atoms with Crippen LogP contribution >= 0.6 is 0 Å². The highest BCUT2D eigenvalue weighted by molar-refractivity contribution is 5.93. The van der Waals surface area contributed by atoms with E-state index in [-0.39, 0.29) is 32.8 Å². The minimum Gasteiger partial charge on any atom is -0.394 e. The minimum atomic E-state index is -1.38. The lowest BCUT2D eigenvalue weighted by Crippen LogP contribution is -2.60. The summed E-state index contributed by atoms with van der Waals surface area (Å²) in [5.74, 6) is -3.11. The summed E-state index contributed by atoms with van der Waals surface area (Å²) >= 11 is 0. The Balaban J connectivity index is 2.19. The van der Waals surface area contributed by atoms with Crippen molar-refractivity contribution in [1.29, 1.82) is 0 Å². The SMILES string of the molecule is CC(O)C1NC(=O)N[C@@H](Cc2ccccc2)C(=O)NNC(=O)[C@H](CO)NC(=O)COCCOCCNC1=O. The molecule has 0 aromatic heterocycles. The number of hydrogen-bond donors (Lipinski definition) is 8. The Labute approximate surface area is 219 Å². The standard InChI is InChI=1S/C23H34N6O9/c1-14(31)19-22(35)24-7-8-37-9-10-38-13-18(32)25-17(12-30)21(34)29-28-20(33)16(26-23(36)27-19)11-15-5-3-2-4-6-15/h2-6,14,16-17,19,30-31H,7-13H2,1H3,(H,24,35)(H,25,32)(H,28,33)(H,29,34)(H2,26,27,36)/t14?,16-,17-,19?/m0/s1. The van der Waals surface area contributed by atoms with E-state index in [1.165, 1.54) is 6.92 Å². The van der Waals surface area contributed by atoms with Crippen molar-refractivity contribution in [2.75, 3.05) is 39.6 Å². The second-order valence-corrected chi connectivity index (χ2v) is 8.32. The Morgan fingerprint density at radius 3 is 2.18 bits per heavy atom. The van der Waals surface area contributed by atoms with Crippen molar-refractivity contribution in [1.82, 2.24) is 32.1 Å². The summed E-state index contributed by atoms with van der Waals surface area (Å²) in [7, 11) is 0. The number of rotatable bonds is 4. The van der Waals surface area contributed by atoms with E-state index in [4.69, 9.17) is 9.47 Å². The van der Waals surface area contributed by atoms with E-state index < -0.39 is 67.1 Å². The highest BCUT2D eigenvalue weighted by Crippen LogP contribution is 2.04. The molecule has 0 aliphatic carbocycles. The number of amides is 6. The smallest absolute Gasteiger partial charge is 0.316 e. The van der Waals surface area contributed by atoms with Crippen molar-refractivity contribution in [2.45, 2.75) is 37.6 Å². The number of urea groups is 1. The van der Waals surface area contributed by atoms with Crippen LogP contribution in [0, 0.1) is 0 Å². The lowest BCUT2D eigenvalue weighted by Gasteiger charge is -2.24. The highest BCUT2D eigenvalue weighted by atomic mass is 16.5. The van der Waals surface area contributed by atoms with Crippen LogP contribution < -0.4 is 32.1 Å². The van der Waals surface area contributed by atoms with Gasteiger partial charge in [0.1, 0.15) is 24.7 Å². The Kier molecular flexibility index (Phi) is 12.9. The Bertz CT molecular complexity index is 947. The topological polar surface area (TPSA) is 216 Å². The lowest BCUT2D eigenvalue weighted by molar-refractivity contribution is -0.135. The molecule has 0 saturated carbocycles. The van der Waals surface area contributed by atoms with Gasteiger partial charge in [-0.2, -0.15) is 0 Å². The van der Waals surface area contributed by atoms with Gasteiger partial charge >= 0.3 is 6.03 Å². The number of carbonyl (C=O) groups is 5. The molecule has 15 nitrogen and oxygen atoms in total. The molecule has 0 bridgehead atoms. The average Bonchev–Trinajstić information content (AvgIpc) is 2.89. The number of benzene rings is 1. The number of ether oxygens (including phenoxy) is 2. The van der Waals surface area contributed by atoms with Crippen molar-refractivity contribution < 1.29 is 43.7 Å². The number of nitrogens with one attached hydrogen (secondary N) is 6. The maximum atomic E-state index is 12.9. The third-order valence-electron chi connectivity index (χ3n) is 5.25. The van der Waals surface area contributed by atoms with Crippen molar-refractivity contribution in [3.05, 3.63) is 35.9 Å². The Hall–Kier alpha value is -3.79. The first-order chi connectivity index (χ1) is 18.2. The normalized spacial score (nSPS) is 24.3. The van der Waals surface area contributed by atoms with Crippen molar-refractivity contribution in [2.24, 2.45) is 0 Å². The van der Waals surface area contributed by atoms with Gasteiger partial charge in [0.15, 0.2) is 0 Å². The monoisotopic (exact) mass is 538 g/mol. The van der Waals surface area contributed by atoms with Gasteiger partial charge in [-0.3, -0.25) is 30.0 Å². The van der Waals surface area contributed by atoms with Crippen molar-refractivity contribution >= 4 is 29.7 Å². The summed E-state index contributed by atoms with van der Waals surface area (Å²) in [5, 5.41) is 29.1. The molecule has 1 fully saturated rings. The first-order valence-corrected chi connectivity index (χ1v) is 11.9. The molecule has 6 amide bonds. The number of hydrogen-bond acceptors (Lipinski definition) is 9. The first-order valence-electron chi connectivity index (χ1n) is 11.9. The van der Waals surface area contributed by atoms with E-state index in [9.17, 15) is 34.2 Å². The van der Waals surface area contributed by atoms with Gasteiger partial charge in [-0.25, -0.2) is 4.79 Å². The van der Waals surface area contributed by atoms with Crippen molar-refractivity contribution in [3.8, 4) is 0 Å². The van der Waals surface area contributed by atoms with E-state index in [1.807, 2.05) is 0 Å². The van der Waals surface area contributed by atoms with E-state index in [0.29, 0.717) is 5.56 Å². The summed E-state index contributed by atoms with van der Waals surface area (Å²) < 4.78 is 10.4. The molecule has 8 N–H and O–H groups in total. The molecule has 2 rings (SSSR count). The Morgan fingerprint density at radius 1 is 0.868 bits per heavy atom. The van der Waals surface area contributed by atoms with Crippen molar-refractivity contribution in [3.63, 3.8) is 0 Å². The second kappa shape index (κ2) is 16.1. The zero-order valence-corrected chi connectivity index (χ0v) is 20.9. The summed E-state index contributed by atoms with van der Waals surface area (Å²) in [6.45, 7) is 0.436. The van der Waals surface area contributed by atoms with Gasteiger partial charge in [-0.1, -0.05) is 30.3 Å². The Morgan fingerprint density at radius 2 is 1.53 bits per heavy atom. The van der Waals surface area contributed by atoms with E-state index in [1.54, 1.807) is 30.3 Å². The lowest BCUT2D eigenvalue weighted by atomic mass is 10.1. The van der Waals surface area contributed by atoms with Gasteiger partial charge in [0.25, 0.3) is 11.8 Å². The van der Waals surface area contributed by atoms with Crippen LogP contribution in [0.25, 0.3) is 0 Å². The molecule has 0 spiro atoms. The zero-order valence-electron chi connectivity index (χ0n) is 20.9. The molecular weight excluding hydrogens is 504 g/mol. The molecule has 0 radical (unpaired) electrons. The molecule has 1 aliphatic rings. The third kappa shape index (κ3) is 10.7. The van der Waals surface area contributed by atoms with Crippen LogP contribution in [-0.4, -0.2) is 104 Å². The zero-order chi connectivity index (χ0) is 27.9. The maximum Gasteiger partial charge on any atom is 0.316 e. The predicted molar refractivity (Wildman–Crippen MR) is 131 cm³/mol. The molecule has 1 saturated heterocycles. The van der Waals surface area contributed by atoms with E-state index >= 15 is 0 Å². The summed E-state index contributed by atoms with van der Waals surface area (Å²) in [5.41, 5.74) is 4.93. The fraction of sp³-hybridized carbons (Fsp3) is 0.522. The highest BCUT2D eigenvalue weighted by Gasteiger charge is 2.29. The summed E-state index contributed by atoms with van der Waals surface area (Å²) in [4.78, 5) is 62.5. The van der Waals surface area contributed by atoms with Crippen LogP contribution in [0.4, 0.5) is 4.79 Å². The number of aliphatic hydroxyl groups is 2. The van der Waals surface area contributed by atoms with Crippen LogP contribution in [-0.2, 0) is 35.1 Å². The second-order valence-electron chi connectivity index (χ2n) is 8.32.